The van der Waals surface area contributed by atoms with Crippen molar-refractivity contribution in [1.82, 2.24) is 9.88 Å². The molecule has 2 heterocycles. The highest BCUT2D eigenvalue weighted by atomic mass is 16.5. The van der Waals surface area contributed by atoms with E-state index in [0.29, 0.717) is 13.2 Å². The molecule has 0 radical (unpaired) electrons. The van der Waals surface area contributed by atoms with Crippen molar-refractivity contribution in [2.75, 3.05) is 19.7 Å². The fourth-order valence-electron chi connectivity index (χ4n) is 3.04. The van der Waals surface area contributed by atoms with E-state index in [-0.39, 0.29) is 0 Å². The molecule has 1 N–H and O–H groups in total. The summed E-state index contributed by atoms with van der Waals surface area (Å²) in [7, 11) is 0. The van der Waals surface area contributed by atoms with E-state index in [2.05, 4.69) is 22.9 Å². The van der Waals surface area contributed by atoms with Crippen molar-refractivity contribution in [2.24, 2.45) is 0 Å². The molecule has 4 heteroatoms. The summed E-state index contributed by atoms with van der Waals surface area (Å²) in [5.41, 5.74) is 2.78. The normalized spacial score (nSPS) is 21.5. The fraction of sp³-hybridized carbons (Fsp3) is 0.421. The predicted octanol–water partition coefficient (Wildman–Crippen LogP) is 2.71. The lowest BCUT2D eigenvalue weighted by Gasteiger charge is -2.24. The maximum absolute atomic E-state index is 10.8. The van der Waals surface area contributed by atoms with Crippen LogP contribution in [0.15, 0.2) is 42.7 Å². The van der Waals surface area contributed by atoms with Crippen LogP contribution in [0.2, 0.25) is 0 Å². The summed E-state index contributed by atoms with van der Waals surface area (Å²) in [4.78, 5) is 6.41. The molecule has 0 unspecified atom stereocenters. The lowest BCUT2D eigenvalue weighted by molar-refractivity contribution is 0.00318. The largest absolute Gasteiger partial charge is 0.490 e. The first-order valence-electron chi connectivity index (χ1n) is 8.08. The van der Waals surface area contributed by atoms with E-state index in [1.807, 2.05) is 43.6 Å². The number of likely N-dealkylation sites (tertiary alicyclic amines) is 1. The van der Waals surface area contributed by atoms with Crippen LogP contribution in [0.5, 0.6) is 5.75 Å². The summed E-state index contributed by atoms with van der Waals surface area (Å²) in [5, 5.41) is 10.8. The van der Waals surface area contributed by atoms with E-state index in [0.717, 1.165) is 30.8 Å². The number of benzene rings is 1. The zero-order valence-corrected chi connectivity index (χ0v) is 13.8. The number of aryl methyl sites for hydroxylation is 2. The molecule has 3 rings (SSSR count). The molecule has 1 atom stereocenters. The number of nitrogens with zero attached hydrogens (tertiary/aromatic N) is 2. The van der Waals surface area contributed by atoms with Crippen molar-refractivity contribution < 1.29 is 9.84 Å². The zero-order valence-electron chi connectivity index (χ0n) is 13.8. The Balaban J connectivity index is 1.58. The molecule has 1 aliphatic heterocycles. The first-order valence-corrected chi connectivity index (χ1v) is 8.08. The minimum absolute atomic E-state index is 0.337. The quantitative estimate of drug-likeness (QED) is 0.922. The van der Waals surface area contributed by atoms with Crippen molar-refractivity contribution in [1.29, 1.82) is 0 Å². The van der Waals surface area contributed by atoms with Crippen molar-refractivity contribution in [3.8, 4) is 5.75 Å². The van der Waals surface area contributed by atoms with Gasteiger partial charge in [-0.2, -0.15) is 0 Å². The summed E-state index contributed by atoms with van der Waals surface area (Å²) in [5.74, 6) is 0.851. The number of hydrogen-bond donors (Lipinski definition) is 1. The van der Waals surface area contributed by atoms with Crippen LogP contribution >= 0.6 is 0 Å². The SMILES string of the molecule is Cc1cnccc1CN1CC[C@](O)(COc2ccccc2C)C1. The maximum atomic E-state index is 10.8. The Morgan fingerprint density at radius 2 is 2.04 bits per heavy atom. The molecular formula is C19H24N2O2. The van der Waals surface area contributed by atoms with E-state index < -0.39 is 5.60 Å². The van der Waals surface area contributed by atoms with Crippen molar-refractivity contribution in [3.63, 3.8) is 0 Å². The Morgan fingerprint density at radius 1 is 1.22 bits per heavy atom. The van der Waals surface area contributed by atoms with Crippen molar-refractivity contribution in [2.45, 2.75) is 32.4 Å². The average Bonchev–Trinajstić information content (AvgIpc) is 2.90. The Morgan fingerprint density at radius 3 is 2.83 bits per heavy atom. The van der Waals surface area contributed by atoms with Crippen LogP contribution in [-0.2, 0) is 6.54 Å². The first-order chi connectivity index (χ1) is 11.1. The molecule has 0 aliphatic carbocycles. The van der Waals surface area contributed by atoms with Gasteiger partial charge >= 0.3 is 0 Å². The summed E-state index contributed by atoms with van der Waals surface area (Å²) in [6.45, 7) is 6.80. The van der Waals surface area contributed by atoms with Crippen molar-refractivity contribution in [3.05, 3.63) is 59.4 Å². The third-order valence-corrected chi connectivity index (χ3v) is 4.53. The van der Waals surface area contributed by atoms with E-state index in [1.165, 1.54) is 11.1 Å². The Hall–Kier alpha value is -1.91. The summed E-state index contributed by atoms with van der Waals surface area (Å²) in [6.07, 6.45) is 4.45. The number of ether oxygens (including phenoxy) is 1. The van der Waals surface area contributed by atoms with Gasteiger partial charge in [0.15, 0.2) is 0 Å². The molecule has 122 valence electrons. The van der Waals surface area contributed by atoms with Gasteiger partial charge in [-0.05, 0) is 49.1 Å². The molecule has 4 nitrogen and oxygen atoms in total. The number of aromatic nitrogens is 1. The first kappa shape index (κ1) is 16.0. The van der Waals surface area contributed by atoms with Crippen LogP contribution in [0, 0.1) is 13.8 Å². The summed E-state index contributed by atoms with van der Waals surface area (Å²) < 4.78 is 5.86. The van der Waals surface area contributed by atoms with Crippen LogP contribution in [0.4, 0.5) is 0 Å². The van der Waals surface area contributed by atoms with Crippen LogP contribution in [-0.4, -0.2) is 40.3 Å². The van der Waals surface area contributed by atoms with Gasteiger partial charge < -0.3 is 9.84 Å². The number of aliphatic hydroxyl groups is 1. The molecule has 0 saturated carbocycles. The smallest absolute Gasteiger partial charge is 0.122 e. The third kappa shape index (κ3) is 3.89. The van der Waals surface area contributed by atoms with Gasteiger partial charge in [0.05, 0.1) is 0 Å². The van der Waals surface area contributed by atoms with Gasteiger partial charge in [0.1, 0.15) is 18.0 Å². The zero-order chi connectivity index (χ0) is 16.3. The van der Waals surface area contributed by atoms with E-state index in [1.54, 1.807) is 0 Å². The molecular weight excluding hydrogens is 288 g/mol. The highest BCUT2D eigenvalue weighted by Gasteiger charge is 2.37. The Kier molecular flexibility index (Phi) is 4.64. The minimum Gasteiger partial charge on any atom is -0.490 e. The van der Waals surface area contributed by atoms with Gasteiger partial charge in [0.25, 0.3) is 0 Å². The third-order valence-electron chi connectivity index (χ3n) is 4.53. The van der Waals surface area contributed by atoms with Gasteiger partial charge in [0.2, 0.25) is 0 Å². The molecule has 1 aromatic heterocycles. The number of hydrogen-bond acceptors (Lipinski definition) is 4. The van der Waals surface area contributed by atoms with Gasteiger partial charge in [-0.25, -0.2) is 0 Å². The van der Waals surface area contributed by atoms with E-state index >= 15 is 0 Å². The molecule has 0 bridgehead atoms. The highest BCUT2D eigenvalue weighted by molar-refractivity contribution is 5.31. The van der Waals surface area contributed by atoms with Crippen LogP contribution < -0.4 is 4.74 Å². The molecule has 0 spiro atoms. The lowest BCUT2D eigenvalue weighted by atomic mass is 10.1. The second kappa shape index (κ2) is 6.69. The number of β-amino-alcohol motifs (C(OH)–C–C–N with tert-alkyl or cyclic N) is 1. The monoisotopic (exact) mass is 312 g/mol. The minimum atomic E-state index is -0.775. The number of rotatable bonds is 5. The van der Waals surface area contributed by atoms with Crippen molar-refractivity contribution >= 4 is 0 Å². The number of pyridine rings is 1. The molecule has 2 aromatic rings. The molecule has 1 fully saturated rings. The van der Waals surface area contributed by atoms with Crippen LogP contribution in [0.3, 0.4) is 0 Å². The second-order valence-electron chi connectivity index (χ2n) is 6.54. The topological polar surface area (TPSA) is 45.6 Å². The van der Waals surface area contributed by atoms with E-state index in [9.17, 15) is 5.11 Å². The van der Waals surface area contributed by atoms with Crippen LogP contribution in [0.25, 0.3) is 0 Å². The lowest BCUT2D eigenvalue weighted by Crippen LogP contribution is -2.39. The fourth-order valence-corrected chi connectivity index (χ4v) is 3.04. The predicted molar refractivity (Wildman–Crippen MR) is 90.5 cm³/mol. The maximum Gasteiger partial charge on any atom is 0.122 e. The standard InChI is InChI=1S/C19H24N2O2/c1-15-5-3-4-6-18(15)23-14-19(22)8-10-21(13-19)12-17-7-9-20-11-16(17)2/h3-7,9,11,22H,8,10,12-14H2,1-2H3/t19-/m1/s1. The average molecular weight is 312 g/mol. The van der Waals surface area contributed by atoms with Gasteiger partial charge in [-0.3, -0.25) is 9.88 Å². The summed E-state index contributed by atoms with van der Waals surface area (Å²) in [6, 6.07) is 9.97. The Labute approximate surface area is 137 Å². The highest BCUT2D eigenvalue weighted by Crippen LogP contribution is 2.26. The second-order valence-corrected chi connectivity index (χ2v) is 6.54. The molecule has 1 aliphatic rings. The molecule has 0 amide bonds. The Bertz CT molecular complexity index is 674. The molecule has 1 aromatic carbocycles. The van der Waals surface area contributed by atoms with E-state index in [4.69, 9.17) is 4.74 Å². The number of para-hydroxylation sites is 1. The van der Waals surface area contributed by atoms with Crippen LogP contribution in [0.1, 0.15) is 23.1 Å². The van der Waals surface area contributed by atoms with Gasteiger partial charge in [0, 0.05) is 32.0 Å². The van der Waals surface area contributed by atoms with Gasteiger partial charge in [-0.1, -0.05) is 18.2 Å². The van der Waals surface area contributed by atoms with Gasteiger partial charge in [-0.15, -0.1) is 0 Å². The summed E-state index contributed by atoms with van der Waals surface area (Å²) >= 11 is 0. The molecule has 1 saturated heterocycles. The molecule has 23 heavy (non-hydrogen) atoms.